The number of nitrogens with zero attached hydrogens (tertiary/aromatic N) is 1. The summed E-state index contributed by atoms with van der Waals surface area (Å²) in [6.45, 7) is 0. The SMILES string of the molecule is O=C(/C=C/c1ccco1)Oc1ccc(/C=C2/NC(=S)N(c3ccccc3)C2=O)cc1. The highest BCUT2D eigenvalue weighted by Gasteiger charge is 2.31. The first-order valence-electron chi connectivity index (χ1n) is 9.06. The fraction of sp³-hybridized carbons (Fsp3) is 0. The minimum Gasteiger partial charge on any atom is -0.465 e. The molecule has 1 aliphatic heterocycles. The van der Waals surface area contributed by atoms with E-state index in [0.29, 0.717) is 28.0 Å². The van der Waals surface area contributed by atoms with Gasteiger partial charge in [-0.25, -0.2) is 4.79 Å². The Bertz CT molecular complexity index is 1130. The van der Waals surface area contributed by atoms with E-state index in [1.54, 1.807) is 42.5 Å². The first-order chi connectivity index (χ1) is 14.6. The molecule has 2 heterocycles. The van der Waals surface area contributed by atoms with Crippen molar-refractivity contribution in [3.05, 3.63) is 96.1 Å². The zero-order valence-electron chi connectivity index (χ0n) is 15.6. The van der Waals surface area contributed by atoms with Crippen LogP contribution in [0.3, 0.4) is 0 Å². The van der Waals surface area contributed by atoms with E-state index in [1.807, 2.05) is 30.3 Å². The van der Waals surface area contributed by atoms with Crippen LogP contribution in [0.25, 0.3) is 12.2 Å². The number of furan rings is 1. The highest BCUT2D eigenvalue weighted by Crippen LogP contribution is 2.22. The van der Waals surface area contributed by atoms with Crippen LogP contribution < -0.4 is 15.0 Å². The van der Waals surface area contributed by atoms with Crippen molar-refractivity contribution in [3.63, 3.8) is 0 Å². The summed E-state index contributed by atoms with van der Waals surface area (Å²) in [5.41, 5.74) is 1.83. The Hall–Kier alpha value is -3.97. The van der Waals surface area contributed by atoms with Crippen molar-refractivity contribution in [1.82, 2.24) is 5.32 Å². The van der Waals surface area contributed by atoms with Gasteiger partial charge in [-0.2, -0.15) is 0 Å². The number of hydrogen-bond donors (Lipinski definition) is 1. The normalized spacial score (nSPS) is 15.1. The molecule has 7 heteroatoms. The fourth-order valence-corrected chi connectivity index (χ4v) is 3.13. The Morgan fingerprint density at radius 3 is 2.50 bits per heavy atom. The van der Waals surface area contributed by atoms with E-state index in [2.05, 4.69) is 5.32 Å². The van der Waals surface area contributed by atoms with Crippen molar-refractivity contribution in [2.45, 2.75) is 0 Å². The van der Waals surface area contributed by atoms with E-state index in [0.717, 1.165) is 5.56 Å². The molecule has 1 aliphatic rings. The number of ether oxygens (including phenoxy) is 1. The van der Waals surface area contributed by atoms with Crippen molar-refractivity contribution in [2.75, 3.05) is 4.90 Å². The number of esters is 1. The summed E-state index contributed by atoms with van der Waals surface area (Å²) < 4.78 is 10.4. The third-order valence-corrected chi connectivity index (χ3v) is 4.51. The highest BCUT2D eigenvalue weighted by molar-refractivity contribution is 7.80. The maximum Gasteiger partial charge on any atom is 0.336 e. The van der Waals surface area contributed by atoms with Crippen molar-refractivity contribution in [1.29, 1.82) is 0 Å². The van der Waals surface area contributed by atoms with Crippen molar-refractivity contribution < 1.29 is 18.7 Å². The lowest BCUT2D eigenvalue weighted by molar-refractivity contribution is -0.128. The smallest absolute Gasteiger partial charge is 0.336 e. The summed E-state index contributed by atoms with van der Waals surface area (Å²) in [6, 6.07) is 19.4. The molecule has 1 N–H and O–H groups in total. The van der Waals surface area contributed by atoms with E-state index < -0.39 is 5.97 Å². The number of benzene rings is 2. The van der Waals surface area contributed by atoms with E-state index in [-0.39, 0.29) is 5.91 Å². The number of thiocarbonyl (C=S) groups is 1. The minimum absolute atomic E-state index is 0.232. The standard InChI is InChI=1S/C23H16N2O4S/c26-21(13-12-18-7-4-14-28-18)29-19-10-8-16(9-11-19)15-20-22(27)25(23(30)24-20)17-5-2-1-3-6-17/h1-15H,(H,24,30)/b13-12+,20-15+. The van der Waals surface area contributed by atoms with Crippen molar-refractivity contribution >= 4 is 47.0 Å². The van der Waals surface area contributed by atoms with Crippen LogP contribution in [0.1, 0.15) is 11.3 Å². The Kier molecular flexibility index (Phi) is 5.54. The van der Waals surface area contributed by atoms with E-state index in [9.17, 15) is 9.59 Å². The average molecular weight is 416 g/mol. The second-order valence-corrected chi connectivity index (χ2v) is 6.69. The van der Waals surface area contributed by atoms with Crippen LogP contribution in [-0.2, 0) is 9.59 Å². The fourth-order valence-electron chi connectivity index (χ4n) is 2.83. The molecular weight excluding hydrogens is 400 g/mol. The van der Waals surface area contributed by atoms with Crippen molar-refractivity contribution in [3.8, 4) is 5.75 Å². The molecule has 3 aromatic rings. The molecule has 0 saturated carbocycles. The maximum absolute atomic E-state index is 12.7. The number of hydrogen-bond acceptors (Lipinski definition) is 5. The molecule has 0 aliphatic carbocycles. The molecule has 1 amide bonds. The highest BCUT2D eigenvalue weighted by atomic mass is 32.1. The zero-order chi connectivity index (χ0) is 20.9. The molecule has 30 heavy (non-hydrogen) atoms. The van der Waals surface area contributed by atoms with Gasteiger partial charge in [-0.15, -0.1) is 0 Å². The Morgan fingerprint density at radius 2 is 1.80 bits per heavy atom. The number of carbonyl (C=O) groups is 2. The number of carbonyl (C=O) groups excluding carboxylic acids is 2. The van der Waals surface area contributed by atoms with Crippen LogP contribution in [0.4, 0.5) is 5.69 Å². The summed E-state index contributed by atoms with van der Waals surface area (Å²) in [4.78, 5) is 26.1. The molecule has 148 valence electrons. The molecular formula is C23H16N2O4S. The average Bonchev–Trinajstić information content (AvgIpc) is 3.37. The second-order valence-electron chi connectivity index (χ2n) is 6.30. The second kappa shape index (κ2) is 8.59. The largest absolute Gasteiger partial charge is 0.465 e. The molecule has 1 aromatic heterocycles. The van der Waals surface area contributed by atoms with Crippen LogP contribution in [0.5, 0.6) is 5.75 Å². The predicted molar refractivity (Wildman–Crippen MR) is 117 cm³/mol. The van der Waals surface area contributed by atoms with Gasteiger partial charge in [-0.3, -0.25) is 9.69 Å². The maximum atomic E-state index is 12.7. The molecule has 4 rings (SSSR count). The Labute approximate surface area is 178 Å². The molecule has 1 saturated heterocycles. The first-order valence-corrected chi connectivity index (χ1v) is 9.46. The van der Waals surface area contributed by atoms with Gasteiger partial charge in [0.25, 0.3) is 5.91 Å². The van der Waals surface area contributed by atoms with Crippen LogP contribution in [0, 0.1) is 0 Å². The monoisotopic (exact) mass is 416 g/mol. The number of rotatable bonds is 5. The van der Waals surface area contributed by atoms with Crippen LogP contribution in [0.2, 0.25) is 0 Å². The predicted octanol–water partition coefficient (Wildman–Crippen LogP) is 4.16. The van der Waals surface area contributed by atoms with Crippen molar-refractivity contribution in [2.24, 2.45) is 0 Å². The van der Waals surface area contributed by atoms with E-state index in [4.69, 9.17) is 21.4 Å². The van der Waals surface area contributed by atoms with Gasteiger partial charge in [0.1, 0.15) is 17.2 Å². The summed E-state index contributed by atoms with van der Waals surface area (Å²) in [5, 5.41) is 3.27. The Morgan fingerprint density at radius 1 is 1.03 bits per heavy atom. The van der Waals surface area contributed by atoms with E-state index >= 15 is 0 Å². The van der Waals surface area contributed by atoms with Crippen LogP contribution in [-0.4, -0.2) is 17.0 Å². The van der Waals surface area contributed by atoms with Gasteiger partial charge in [0.15, 0.2) is 5.11 Å². The lowest BCUT2D eigenvalue weighted by Gasteiger charge is -2.13. The molecule has 1 fully saturated rings. The summed E-state index contributed by atoms with van der Waals surface area (Å²) in [5.74, 6) is 0.197. The number of nitrogens with one attached hydrogen (secondary N) is 1. The molecule has 0 spiro atoms. The van der Waals surface area contributed by atoms with Gasteiger partial charge in [0.2, 0.25) is 0 Å². The number of para-hydroxylation sites is 1. The van der Waals surface area contributed by atoms with Gasteiger partial charge in [-0.05, 0) is 66.3 Å². The summed E-state index contributed by atoms with van der Waals surface area (Å²) in [6.07, 6.45) is 6.03. The molecule has 0 radical (unpaired) electrons. The number of anilines is 1. The van der Waals surface area contributed by atoms with E-state index in [1.165, 1.54) is 23.3 Å². The van der Waals surface area contributed by atoms with Gasteiger partial charge in [0.05, 0.1) is 12.0 Å². The lowest BCUT2D eigenvalue weighted by atomic mass is 10.2. The summed E-state index contributed by atoms with van der Waals surface area (Å²) >= 11 is 5.30. The molecule has 6 nitrogen and oxygen atoms in total. The topological polar surface area (TPSA) is 71.8 Å². The van der Waals surface area contributed by atoms with Gasteiger partial charge in [-0.1, -0.05) is 30.3 Å². The molecule has 0 atom stereocenters. The lowest BCUT2D eigenvalue weighted by Crippen LogP contribution is -2.30. The molecule has 0 bridgehead atoms. The van der Waals surface area contributed by atoms with Gasteiger partial charge in [0, 0.05) is 6.08 Å². The van der Waals surface area contributed by atoms with Crippen LogP contribution >= 0.6 is 12.2 Å². The Balaban J connectivity index is 1.43. The zero-order valence-corrected chi connectivity index (χ0v) is 16.5. The van der Waals surface area contributed by atoms with Gasteiger partial charge >= 0.3 is 5.97 Å². The molecule has 2 aromatic carbocycles. The quantitative estimate of drug-likeness (QED) is 0.291. The third-order valence-electron chi connectivity index (χ3n) is 4.23. The van der Waals surface area contributed by atoms with Gasteiger partial charge < -0.3 is 14.5 Å². The number of amides is 1. The first kappa shape index (κ1) is 19.4. The van der Waals surface area contributed by atoms with Crippen LogP contribution in [0.15, 0.2) is 89.2 Å². The summed E-state index contributed by atoms with van der Waals surface area (Å²) in [7, 11) is 0. The molecule has 0 unspecified atom stereocenters. The third kappa shape index (κ3) is 4.37. The minimum atomic E-state index is -0.519.